The van der Waals surface area contributed by atoms with Crippen LogP contribution in [0, 0.1) is 11.8 Å². The summed E-state index contributed by atoms with van der Waals surface area (Å²) in [5, 5.41) is 9.18. The first-order valence-electron chi connectivity index (χ1n) is 7.64. The summed E-state index contributed by atoms with van der Waals surface area (Å²) in [6.45, 7) is 4.95. The number of carboxylic acids is 1. The Kier molecular flexibility index (Phi) is 5.55. The van der Waals surface area contributed by atoms with Gasteiger partial charge in [-0.15, -0.1) is 0 Å². The van der Waals surface area contributed by atoms with Gasteiger partial charge in [-0.1, -0.05) is 37.3 Å². The minimum Gasteiger partial charge on any atom is -0.481 e. The van der Waals surface area contributed by atoms with E-state index in [1.54, 1.807) is 11.8 Å². The Morgan fingerprint density at radius 2 is 2.00 bits per heavy atom. The zero-order valence-electron chi connectivity index (χ0n) is 13.1. The van der Waals surface area contributed by atoms with E-state index in [9.17, 15) is 14.7 Å². The highest BCUT2D eigenvalue weighted by atomic mass is 16.5. The van der Waals surface area contributed by atoms with E-state index in [1.165, 1.54) is 0 Å². The van der Waals surface area contributed by atoms with Crippen LogP contribution in [0.25, 0.3) is 0 Å². The zero-order valence-corrected chi connectivity index (χ0v) is 13.1. The lowest BCUT2D eigenvalue weighted by Gasteiger charge is -2.36. The number of hydrogen-bond acceptors (Lipinski definition) is 3. The fourth-order valence-electron chi connectivity index (χ4n) is 2.83. The lowest BCUT2D eigenvalue weighted by Crippen LogP contribution is -2.49. The second-order valence-corrected chi connectivity index (χ2v) is 6.06. The van der Waals surface area contributed by atoms with Crippen LogP contribution in [0.1, 0.15) is 25.8 Å². The molecular formula is C17H23NO4. The van der Waals surface area contributed by atoms with E-state index in [4.69, 9.17) is 4.74 Å². The molecular weight excluding hydrogens is 282 g/mol. The van der Waals surface area contributed by atoms with Crippen molar-refractivity contribution in [1.82, 2.24) is 4.90 Å². The molecule has 5 heteroatoms. The summed E-state index contributed by atoms with van der Waals surface area (Å²) in [5.41, 5.74) is 1.01. The molecule has 0 saturated carbocycles. The Labute approximate surface area is 130 Å². The molecule has 0 aromatic heterocycles. The van der Waals surface area contributed by atoms with E-state index in [1.807, 2.05) is 37.3 Å². The largest absolute Gasteiger partial charge is 0.481 e. The van der Waals surface area contributed by atoms with Gasteiger partial charge in [0.25, 0.3) is 5.91 Å². The van der Waals surface area contributed by atoms with Crippen LogP contribution in [0.15, 0.2) is 30.3 Å². The van der Waals surface area contributed by atoms with Crippen molar-refractivity contribution < 1.29 is 19.4 Å². The van der Waals surface area contributed by atoms with Crippen LogP contribution >= 0.6 is 0 Å². The molecule has 0 bridgehead atoms. The maximum Gasteiger partial charge on any atom is 0.308 e. The summed E-state index contributed by atoms with van der Waals surface area (Å²) >= 11 is 0. The molecule has 1 saturated heterocycles. The summed E-state index contributed by atoms with van der Waals surface area (Å²) in [4.78, 5) is 25.2. The second-order valence-electron chi connectivity index (χ2n) is 6.06. The lowest BCUT2D eigenvalue weighted by molar-refractivity contribution is -0.151. The third-order valence-electron chi connectivity index (χ3n) is 4.01. The van der Waals surface area contributed by atoms with Crippen LogP contribution in [0.3, 0.4) is 0 Å². The molecule has 0 spiro atoms. The molecule has 3 atom stereocenters. The molecule has 22 heavy (non-hydrogen) atoms. The van der Waals surface area contributed by atoms with Crippen LogP contribution in [-0.4, -0.2) is 41.1 Å². The Balaban J connectivity index is 1.90. The van der Waals surface area contributed by atoms with Crippen LogP contribution in [-0.2, 0) is 20.9 Å². The Hall–Kier alpha value is -1.88. The topological polar surface area (TPSA) is 66.8 Å². The third kappa shape index (κ3) is 4.31. The fourth-order valence-corrected chi connectivity index (χ4v) is 2.83. The van der Waals surface area contributed by atoms with E-state index in [2.05, 4.69) is 0 Å². The lowest BCUT2D eigenvalue weighted by atomic mass is 9.90. The molecule has 3 unspecified atom stereocenters. The van der Waals surface area contributed by atoms with Crippen molar-refractivity contribution >= 4 is 11.9 Å². The molecule has 1 N–H and O–H groups in total. The Morgan fingerprint density at radius 1 is 1.32 bits per heavy atom. The number of nitrogens with zero attached hydrogens (tertiary/aromatic N) is 1. The van der Waals surface area contributed by atoms with E-state index < -0.39 is 18.0 Å². The van der Waals surface area contributed by atoms with E-state index in [0.717, 1.165) is 5.56 Å². The van der Waals surface area contributed by atoms with Crippen LogP contribution in [0.2, 0.25) is 0 Å². The highest BCUT2D eigenvalue weighted by Crippen LogP contribution is 2.22. The van der Waals surface area contributed by atoms with Gasteiger partial charge in [-0.25, -0.2) is 0 Å². The second kappa shape index (κ2) is 7.40. The van der Waals surface area contributed by atoms with Crippen LogP contribution in [0.4, 0.5) is 0 Å². The maximum absolute atomic E-state index is 12.4. The van der Waals surface area contributed by atoms with Crippen LogP contribution in [0.5, 0.6) is 0 Å². The van der Waals surface area contributed by atoms with E-state index >= 15 is 0 Å². The van der Waals surface area contributed by atoms with Crippen molar-refractivity contribution in [2.45, 2.75) is 33.0 Å². The summed E-state index contributed by atoms with van der Waals surface area (Å²) in [7, 11) is 0. The van der Waals surface area contributed by atoms with Gasteiger partial charge in [0, 0.05) is 13.1 Å². The van der Waals surface area contributed by atoms with Gasteiger partial charge in [-0.3, -0.25) is 9.59 Å². The van der Waals surface area contributed by atoms with Gasteiger partial charge in [0.15, 0.2) is 0 Å². The van der Waals surface area contributed by atoms with E-state index in [0.29, 0.717) is 19.6 Å². The van der Waals surface area contributed by atoms with Crippen molar-refractivity contribution in [2.24, 2.45) is 11.8 Å². The maximum atomic E-state index is 12.4. The van der Waals surface area contributed by atoms with Crippen molar-refractivity contribution in [3.63, 3.8) is 0 Å². The normalized spacial score (nSPS) is 23.1. The smallest absolute Gasteiger partial charge is 0.308 e. The summed E-state index contributed by atoms with van der Waals surface area (Å²) < 4.78 is 5.64. The molecule has 2 rings (SSSR count). The summed E-state index contributed by atoms with van der Waals surface area (Å²) in [5.74, 6) is -1.25. The van der Waals surface area contributed by atoms with Gasteiger partial charge in [-0.05, 0) is 24.8 Å². The number of likely N-dealkylation sites (tertiary alicyclic amines) is 1. The number of hydrogen-bond donors (Lipinski definition) is 1. The minimum atomic E-state index is -0.831. The summed E-state index contributed by atoms with van der Waals surface area (Å²) in [6, 6.07) is 9.67. The van der Waals surface area contributed by atoms with Crippen molar-refractivity contribution in [3.8, 4) is 0 Å². The fraction of sp³-hybridized carbons (Fsp3) is 0.529. The number of amides is 1. The molecule has 1 amide bonds. The number of carbonyl (C=O) groups is 2. The van der Waals surface area contributed by atoms with E-state index in [-0.39, 0.29) is 18.4 Å². The molecule has 1 aromatic carbocycles. The molecule has 1 aliphatic rings. The van der Waals surface area contributed by atoms with Crippen molar-refractivity contribution in [1.29, 1.82) is 0 Å². The van der Waals surface area contributed by atoms with Gasteiger partial charge in [0.2, 0.25) is 0 Å². The van der Waals surface area contributed by atoms with Gasteiger partial charge < -0.3 is 14.7 Å². The standard InChI is InChI=1S/C17H23NO4/c1-12-8-15(17(20)21)10-18(9-12)16(19)13(2)22-11-14-6-4-3-5-7-14/h3-7,12-13,15H,8-11H2,1-2H3,(H,20,21). The number of rotatable bonds is 5. The first-order chi connectivity index (χ1) is 10.5. The summed E-state index contributed by atoms with van der Waals surface area (Å²) in [6.07, 6.45) is 0.0539. The van der Waals surface area contributed by atoms with Gasteiger partial charge >= 0.3 is 5.97 Å². The monoisotopic (exact) mass is 305 g/mol. The number of benzene rings is 1. The average molecular weight is 305 g/mol. The Morgan fingerprint density at radius 3 is 2.64 bits per heavy atom. The SMILES string of the molecule is CC1CC(C(=O)O)CN(C(=O)C(C)OCc2ccccc2)C1. The van der Waals surface area contributed by atoms with Crippen molar-refractivity contribution in [3.05, 3.63) is 35.9 Å². The first-order valence-corrected chi connectivity index (χ1v) is 7.64. The average Bonchev–Trinajstić information content (AvgIpc) is 2.52. The zero-order chi connectivity index (χ0) is 16.1. The molecule has 1 heterocycles. The quantitative estimate of drug-likeness (QED) is 0.905. The molecule has 5 nitrogen and oxygen atoms in total. The Bertz CT molecular complexity index is 517. The number of carboxylic acid groups (broad SMARTS) is 1. The number of piperidine rings is 1. The van der Waals surface area contributed by atoms with Gasteiger partial charge in [0.1, 0.15) is 6.10 Å². The first kappa shape index (κ1) is 16.5. The highest BCUT2D eigenvalue weighted by Gasteiger charge is 2.33. The van der Waals surface area contributed by atoms with Crippen molar-refractivity contribution in [2.75, 3.05) is 13.1 Å². The minimum absolute atomic E-state index is 0.131. The number of carbonyl (C=O) groups excluding carboxylic acids is 1. The highest BCUT2D eigenvalue weighted by molar-refractivity contribution is 5.81. The predicted octanol–water partition coefficient (Wildman–Crippen LogP) is 2.16. The molecule has 1 aromatic rings. The molecule has 0 aliphatic carbocycles. The molecule has 120 valence electrons. The predicted molar refractivity (Wildman–Crippen MR) is 82.2 cm³/mol. The third-order valence-corrected chi connectivity index (χ3v) is 4.01. The van der Waals surface area contributed by atoms with Crippen LogP contribution < -0.4 is 0 Å². The molecule has 1 fully saturated rings. The molecule has 1 aliphatic heterocycles. The van der Waals surface area contributed by atoms with Gasteiger partial charge in [0.05, 0.1) is 12.5 Å². The number of ether oxygens (including phenoxy) is 1. The number of aliphatic carboxylic acids is 1. The molecule has 0 radical (unpaired) electrons. The van der Waals surface area contributed by atoms with Gasteiger partial charge in [-0.2, -0.15) is 0 Å².